The number of aryl methyl sites for hydroxylation is 2. The minimum absolute atomic E-state index is 0.368. The van der Waals surface area contributed by atoms with Crippen LogP contribution in [0.5, 0.6) is 0 Å². The van der Waals surface area contributed by atoms with Crippen molar-refractivity contribution in [3.8, 4) is 0 Å². The normalized spacial score (nSPS) is 20.3. The van der Waals surface area contributed by atoms with Gasteiger partial charge in [0.2, 0.25) is 5.91 Å². The monoisotopic (exact) mass is 427 g/mol. The third-order valence-corrected chi connectivity index (χ3v) is 7.13. The molecule has 0 bridgehead atoms. The van der Waals surface area contributed by atoms with Crippen molar-refractivity contribution in [1.29, 1.82) is 0 Å². The molecule has 2 aliphatic rings. The summed E-state index contributed by atoms with van der Waals surface area (Å²) in [5.74, 6) is 3.02. The van der Waals surface area contributed by atoms with Gasteiger partial charge < -0.3 is 10.2 Å². The van der Waals surface area contributed by atoms with Crippen LogP contribution in [0.2, 0.25) is 0 Å². The van der Waals surface area contributed by atoms with Gasteiger partial charge in [-0.1, -0.05) is 19.3 Å². The molecule has 1 N–H and O–H groups in total. The average molecular weight is 428 g/mol. The molecule has 3 heterocycles. The quantitative estimate of drug-likeness (QED) is 0.699. The van der Waals surface area contributed by atoms with E-state index in [1.54, 1.807) is 11.3 Å². The van der Waals surface area contributed by atoms with E-state index in [0.717, 1.165) is 61.2 Å². The maximum absolute atomic E-state index is 12.9. The van der Waals surface area contributed by atoms with Crippen LogP contribution in [0.25, 0.3) is 0 Å². The molecule has 0 radical (unpaired) electrons. The van der Waals surface area contributed by atoms with Crippen molar-refractivity contribution in [2.75, 3.05) is 18.4 Å². The van der Waals surface area contributed by atoms with Gasteiger partial charge in [-0.15, -0.1) is 11.3 Å². The summed E-state index contributed by atoms with van der Waals surface area (Å²) in [6, 6.07) is 2.03. The fraction of sp³-hybridized carbons (Fsp3) is 0.652. The molecule has 6 nitrogen and oxygen atoms in total. The van der Waals surface area contributed by atoms with Gasteiger partial charge in [-0.3, -0.25) is 4.79 Å². The highest BCUT2D eigenvalue weighted by molar-refractivity contribution is 7.15. The number of piperidine rings is 1. The molecular weight excluding hydrogens is 394 g/mol. The van der Waals surface area contributed by atoms with Crippen LogP contribution in [0, 0.1) is 25.7 Å². The Morgan fingerprint density at radius 3 is 2.70 bits per heavy atom. The second kappa shape index (κ2) is 9.86. The van der Waals surface area contributed by atoms with Crippen LogP contribution in [0.3, 0.4) is 0 Å². The number of nitrogens with zero attached hydrogens (tertiary/aromatic N) is 4. The van der Waals surface area contributed by atoms with E-state index in [1.807, 2.05) is 26.1 Å². The summed E-state index contributed by atoms with van der Waals surface area (Å²) in [7, 11) is 0. The van der Waals surface area contributed by atoms with Crippen LogP contribution in [-0.4, -0.2) is 38.8 Å². The van der Waals surface area contributed by atoms with Gasteiger partial charge in [-0.2, -0.15) is 0 Å². The van der Waals surface area contributed by atoms with Gasteiger partial charge in [0.25, 0.3) is 0 Å². The predicted molar refractivity (Wildman–Crippen MR) is 121 cm³/mol. The minimum atomic E-state index is 0.368. The van der Waals surface area contributed by atoms with E-state index in [-0.39, 0.29) is 0 Å². The third-order valence-electron chi connectivity index (χ3n) is 6.30. The van der Waals surface area contributed by atoms with Gasteiger partial charge in [-0.25, -0.2) is 15.0 Å². The van der Waals surface area contributed by atoms with Gasteiger partial charge in [0.05, 0.1) is 0 Å². The number of hydrogen-bond acceptors (Lipinski definition) is 6. The number of amides is 1. The van der Waals surface area contributed by atoms with Crippen molar-refractivity contribution in [1.82, 2.24) is 19.9 Å². The van der Waals surface area contributed by atoms with Crippen molar-refractivity contribution in [2.45, 2.75) is 71.6 Å². The summed E-state index contributed by atoms with van der Waals surface area (Å²) in [6.07, 6.45) is 12.2. The standard InChI is InChI=1S/C23H33N5OS/c1-16-14-24-23(30-16)27-21-13-20(25-17(2)26-21)11-19-9-6-10-28(15-19)22(29)12-18-7-4-3-5-8-18/h13-14,18-19H,3-12,15H2,1-2H3,(H,24,25,26,27)/t19-/m0/s1. The number of carbonyl (C=O) groups excluding carboxylic acids is 1. The first-order valence-electron chi connectivity index (χ1n) is 11.4. The molecule has 1 aliphatic heterocycles. The molecule has 1 saturated heterocycles. The van der Waals surface area contributed by atoms with Gasteiger partial charge >= 0.3 is 0 Å². The van der Waals surface area contributed by atoms with Crippen molar-refractivity contribution in [3.05, 3.63) is 28.7 Å². The molecule has 2 aromatic heterocycles. The summed E-state index contributed by atoms with van der Waals surface area (Å²) in [4.78, 5) is 29.7. The fourth-order valence-electron chi connectivity index (χ4n) is 4.84. The van der Waals surface area contributed by atoms with Crippen LogP contribution in [0.4, 0.5) is 10.9 Å². The van der Waals surface area contributed by atoms with Gasteiger partial charge in [0, 0.05) is 42.3 Å². The molecule has 1 saturated carbocycles. The Morgan fingerprint density at radius 1 is 1.13 bits per heavy atom. The highest BCUT2D eigenvalue weighted by Gasteiger charge is 2.26. The van der Waals surface area contributed by atoms with E-state index in [0.29, 0.717) is 17.7 Å². The van der Waals surface area contributed by atoms with E-state index in [1.165, 1.54) is 37.0 Å². The topological polar surface area (TPSA) is 71.0 Å². The Balaban J connectivity index is 1.35. The third kappa shape index (κ3) is 5.78. The number of rotatable bonds is 6. The summed E-state index contributed by atoms with van der Waals surface area (Å²) < 4.78 is 0. The van der Waals surface area contributed by atoms with E-state index >= 15 is 0 Å². The smallest absolute Gasteiger partial charge is 0.222 e. The first kappa shape index (κ1) is 21.2. The Hall–Kier alpha value is -2.02. The molecular formula is C23H33N5OS. The Labute approximate surface area is 183 Å². The SMILES string of the molecule is Cc1nc(C[C@@H]2CCCN(C(=O)CC3CCCCC3)C2)cc(Nc2ncc(C)s2)n1. The molecule has 1 amide bonds. The van der Waals surface area contributed by atoms with Gasteiger partial charge in [-0.05, 0) is 57.8 Å². The second-order valence-corrected chi connectivity index (χ2v) is 10.2. The number of anilines is 2. The molecule has 0 unspecified atom stereocenters. The summed E-state index contributed by atoms with van der Waals surface area (Å²) >= 11 is 1.62. The predicted octanol–water partition coefficient (Wildman–Crippen LogP) is 5.05. The van der Waals surface area contributed by atoms with Crippen molar-refractivity contribution >= 4 is 28.2 Å². The van der Waals surface area contributed by atoms with Crippen LogP contribution < -0.4 is 5.32 Å². The van der Waals surface area contributed by atoms with Crippen LogP contribution in [0.1, 0.15) is 67.8 Å². The van der Waals surface area contributed by atoms with Crippen LogP contribution >= 0.6 is 11.3 Å². The first-order valence-corrected chi connectivity index (χ1v) is 12.2. The molecule has 1 atom stereocenters. The van der Waals surface area contributed by atoms with Crippen molar-refractivity contribution in [2.24, 2.45) is 11.8 Å². The van der Waals surface area contributed by atoms with Gasteiger partial charge in [0.1, 0.15) is 11.6 Å². The molecule has 1 aliphatic carbocycles. The Kier molecular flexibility index (Phi) is 6.97. The minimum Gasteiger partial charge on any atom is -0.342 e. The molecule has 4 rings (SSSR count). The van der Waals surface area contributed by atoms with E-state index in [4.69, 9.17) is 0 Å². The number of thiazole rings is 1. The summed E-state index contributed by atoms with van der Waals surface area (Å²) in [5.41, 5.74) is 1.05. The molecule has 30 heavy (non-hydrogen) atoms. The lowest BCUT2D eigenvalue weighted by atomic mass is 9.86. The average Bonchev–Trinajstić information content (AvgIpc) is 3.13. The lowest BCUT2D eigenvalue weighted by molar-refractivity contribution is -0.134. The molecule has 162 valence electrons. The zero-order valence-electron chi connectivity index (χ0n) is 18.2. The highest BCUT2D eigenvalue weighted by Crippen LogP contribution is 2.29. The van der Waals surface area contributed by atoms with E-state index in [2.05, 4.69) is 25.2 Å². The molecule has 2 aromatic rings. The lowest BCUT2D eigenvalue weighted by Crippen LogP contribution is -2.41. The zero-order chi connectivity index (χ0) is 20.9. The Bertz CT molecular complexity index is 861. The van der Waals surface area contributed by atoms with Crippen molar-refractivity contribution < 1.29 is 4.79 Å². The number of likely N-dealkylation sites (tertiary alicyclic amines) is 1. The molecule has 0 spiro atoms. The number of nitrogens with one attached hydrogen (secondary N) is 1. The fourth-order valence-corrected chi connectivity index (χ4v) is 5.51. The van der Waals surface area contributed by atoms with Crippen LogP contribution in [0.15, 0.2) is 12.3 Å². The second-order valence-electron chi connectivity index (χ2n) is 8.95. The maximum Gasteiger partial charge on any atom is 0.222 e. The molecule has 7 heteroatoms. The van der Waals surface area contributed by atoms with Crippen molar-refractivity contribution in [3.63, 3.8) is 0 Å². The van der Waals surface area contributed by atoms with E-state index in [9.17, 15) is 4.79 Å². The first-order chi connectivity index (χ1) is 14.5. The zero-order valence-corrected chi connectivity index (χ0v) is 19.0. The number of carbonyl (C=O) groups is 1. The van der Waals surface area contributed by atoms with Crippen LogP contribution in [-0.2, 0) is 11.2 Å². The lowest BCUT2D eigenvalue weighted by Gasteiger charge is -2.34. The largest absolute Gasteiger partial charge is 0.342 e. The molecule has 0 aromatic carbocycles. The summed E-state index contributed by atoms with van der Waals surface area (Å²) in [6.45, 7) is 5.76. The number of hydrogen-bond donors (Lipinski definition) is 1. The van der Waals surface area contributed by atoms with Gasteiger partial charge in [0.15, 0.2) is 5.13 Å². The van der Waals surface area contributed by atoms with E-state index < -0.39 is 0 Å². The maximum atomic E-state index is 12.9. The highest BCUT2D eigenvalue weighted by atomic mass is 32.1. The molecule has 2 fully saturated rings. The Morgan fingerprint density at radius 2 is 1.93 bits per heavy atom. The number of aromatic nitrogens is 3. The summed E-state index contributed by atoms with van der Waals surface area (Å²) in [5, 5.41) is 4.16.